The van der Waals surface area contributed by atoms with E-state index in [1.165, 1.54) is 0 Å². The zero-order valence-electron chi connectivity index (χ0n) is 21.2. The van der Waals surface area contributed by atoms with Crippen LogP contribution in [0.25, 0.3) is 0 Å². The number of rotatable bonds is 4. The highest BCUT2D eigenvalue weighted by Crippen LogP contribution is 2.54. The van der Waals surface area contributed by atoms with E-state index in [2.05, 4.69) is 20.8 Å². The molecule has 0 radical (unpaired) electrons. The molecule has 0 saturated carbocycles. The van der Waals surface area contributed by atoms with Crippen LogP contribution < -0.4 is 4.74 Å². The van der Waals surface area contributed by atoms with Crippen molar-refractivity contribution in [2.45, 2.75) is 51.1 Å². The first kappa shape index (κ1) is 26.5. The molecule has 7 heteroatoms. The number of nitrogens with zero attached hydrogens (tertiary/aromatic N) is 2. The molecule has 1 aliphatic heterocycles. The molecular formula is C29H29Cl3N2O2. The first-order valence-electron chi connectivity index (χ1n) is 11.6. The maximum Gasteiger partial charge on any atom is 0.322 e. The number of hydrogen-bond donors (Lipinski definition) is 0. The van der Waals surface area contributed by atoms with Gasteiger partial charge in [-0.2, -0.15) is 0 Å². The summed E-state index contributed by atoms with van der Waals surface area (Å²) in [6.07, 6.45) is 0. The summed E-state index contributed by atoms with van der Waals surface area (Å²) in [6.45, 7) is 10.4. The molecule has 0 fully saturated rings. The zero-order valence-corrected chi connectivity index (χ0v) is 23.5. The topological polar surface area (TPSA) is 41.9 Å². The van der Waals surface area contributed by atoms with E-state index in [0.717, 1.165) is 16.7 Å². The smallest absolute Gasteiger partial charge is 0.322 e. The lowest BCUT2D eigenvalue weighted by Gasteiger charge is -2.44. The van der Waals surface area contributed by atoms with Gasteiger partial charge in [-0.3, -0.25) is 14.7 Å². The van der Waals surface area contributed by atoms with E-state index in [-0.39, 0.29) is 5.41 Å². The monoisotopic (exact) mass is 542 g/mol. The number of methoxy groups -OCH3 is 1. The maximum absolute atomic E-state index is 13.2. The predicted octanol–water partition coefficient (Wildman–Crippen LogP) is 8.55. The molecule has 188 valence electrons. The van der Waals surface area contributed by atoms with E-state index < -0.39 is 16.4 Å². The molecule has 0 aliphatic carbocycles. The maximum atomic E-state index is 13.2. The van der Waals surface area contributed by atoms with Crippen LogP contribution in [0.15, 0.2) is 71.7 Å². The standard InChI is InChI=1S/C29H29Cl3N2O2/c1-27(2,3)20-11-16-23(24(17-20)36-6)25-33-28(4,18-7-12-21(30)13-8-18)29(5,34(25)26(32)35)19-9-14-22(31)15-10-19/h7-17H,1-6H3. The second-order valence-corrected chi connectivity index (χ2v) is 11.5. The van der Waals surface area contributed by atoms with Gasteiger partial charge in [-0.1, -0.05) is 74.3 Å². The highest BCUT2D eigenvalue weighted by molar-refractivity contribution is 6.64. The molecule has 4 nitrogen and oxygen atoms in total. The Hall–Kier alpha value is -2.53. The average Bonchev–Trinajstić information content (AvgIpc) is 3.07. The summed E-state index contributed by atoms with van der Waals surface area (Å²) in [5.74, 6) is 1.05. The van der Waals surface area contributed by atoms with Crippen LogP contribution in [0.5, 0.6) is 5.75 Å². The first-order chi connectivity index (χ1) is 16.8. The molecule has 36 heavy (non-hydrogen) atoms. The Bertz CT molecular complexity index is 1330. The number of amidine groups is 1. The van der Waals surface area contributed by atoms with Crippen LogP contribution in [0.3, 0.4) is 0 Å². The SMILES string of the molecule is COc1cc(C(C)(C)C)ccc1C1=NC(C)(c2ccc(Cl)cc2)C(C)(c2ccc(Cl)cc2)N1C(=O)Cl. The summed E-state index contributed by atoms with van der Waals surface area (Å²) in [5.41, 5.74) is 1.51. The van der Waals surface area contributed by atoms with Gasteiger partial charge in [-0.05, 0) is 84.0 Å². The predicted molar refractivity (Wildman–Crippen MR) is 149 cm³/mol. The van der Waals surface area contributed by atoms with Crippen LogP contribution in [0.2, 0.25) is 10.0 Å². The van der Waals surface area contributed by atoms with Gasteiger partial charge in [-0.25, -0.2) is 0 Å². The summed E-state index contributed by atoms with van der Waals surface area (Å²) >= 11 is 18.8. The Labute approximate surface area is 227 Å². The van der Waals surface area contributed by atoms with Crippen molar-refractivity contribution in [1.29, 1.82) is 0 Å². The summed E-state index contributed by atoms with van der Waals surface area (Å²) in [7, 11) is 1.62. The zero-order chi connectivity index (χ0) is 26.5. The molecular weight excluding hydrogens is 515 g/mol. The van der Waals surface area contributed by atoms with Gasteiger partial charge in [0, 0.05) is 10.0 Å². The molecule has 0 bridgehead atoms. The van der Waals surface area contributed by atoms with Crippen molar-refractivity contribution < 1.29 is 9.53 Å². The molecule has 0 N–H and O–H groups in total. The lowest BCUT2D eigenvalue weighted by atomic mass is 9.71. The average molecular weight is 544 g/mol. The Morgan fingerprint density at radius 3 is 1.89 bits per heavy atom. The summed E-state index contributed by atoms with van der Waals surface area (Å²) in [4.78, 5) is 20.0. The molecule has 1 aliphatic rings. The van der Waals surface area contributed by atoms with Crippen molar-refractivity contribution in [1.82, 2.24) is 4.90 Å². The normalized spacial score (nSPS) is 21.9. The third-order valence-electron chi connectivity index (χ3n) is 7.23. The Morgan fingerprint density at radius 1 is 0.889 bits per heavy atom. The number of carbonyl (C=O) groups is 1. The van der Waals surface area contributed by atoms with E-state index in [1.54, 1.807) is 24.1 Å². The Balaban J connectivity index is 2.03. The van der Waals surface area contributed by atoms with Crippen molar-refractivity contribution in [3.05, 3.63) is 99.0 Å². The van der Waals surface area contributed by atoms with E-state index in [1.807, 2.05) is 68.4 Å². The second-order valence-electron chi connectivity index (χ2n) is 10.3. The van der Waals surface area contributed by atoms with Gasteiger partial charge in [0.15, 0.2) is 0 Å². The molecule has 3 aromatic carbocycles. The summed E-state index contributed by atoms with van der Waals surface area (Å²) in [5, 5.41) is 0.561. The fraction of sp³-hybridized carbons (Fsp3) is 0.310. The van der Waals surface area contributed by atoms with Crippen molar-refractivity contribution in [3.8, 4) is 5.75 Å². The molecule has 2 atom stereocenters. The minimum absolute atomic E-state index is 0.0824. The number of amides is 1. The van der Waals surface area contributed by atoms with Gasteiger partial charge in [-0.15, -0.1) is 0 Å². The van der Waals surface area contributed by atoms with Crippen molar-refractivity contribution in [3.63, 3.8) is 0 Å². The number of halogens is 3. The molecule has 0 saturated heterocycles. The highest BCUT2D eigenvalue weighted by atomic mass is 35.5. The van der Waals surface area contributed by atoms with Crippen LogP contribution in [0, 0.1) is 0 Å². The number of hydrogen-bond acceptors (Lipinski definition) is 3. The fourth-order valence-electron chi connectivity index (χ4n) is 4.89. The van der Waals surface area contributed by atoms with Gasteiger partial charge in [0.25, 0.3) is 0 Å². The second kappa shape index (κ2) is 9.41. The molecule has 1 amide bonds. The molecule has 3 aromatic rings. The van der Waals surface area contributed by atoms with Crippen molar-refractivity contribution in [2.24, 2.45) is 4.99 Å². The Morgan fingerprint density at radius 2 is 1.42 bits per heavy atom. The quantitative estimate of drug-likeness (QED) is 0.244. The number of carbonyl (C=O) groups excluding carboxylic acids is 1. The highest BCUT2D eigenvalue weighted by Gasteiger charge is 2.59. The minimum atomic E-state index is -0.993. The molecule has 4 rings (SSSR count). The van der Waals surface area contributed by atoms with Crippen LogP contribution in [0.1, 0.15) is 56.9 Å². The fourth-order valence-corrected chi connectivity index (χ4v) is 5.39. The van der Waals surface area contributed by atoms with Gasteiger partial charge in [0.1, 0.15) is 22.7 Å². The third kappa shape index (κ3) is 4.30. The summed E-state index contributed by atoms with van der Waals surface area (Å²) in [6, 6.07) is 20.9. The third-order valence-corrected chi connectivity index (χ3v) is 7.91. The van der Waals surface area contributed by atoms with Gasteiger partial charge in [0.2, 0.25) is 0 Å². The van der Waals surface area contributed by atoms with Gasteiger partial charge >= 0.3 is 5.37 Å². The van der Waals surface area contributed by atoms with Crippen LogP contribution >= 0.6 is 34.8 Å². The van der Waals surface area contributed by atoms with Crippen LogP contribution in [-0.2, 0) is 16.5 Å². The number of aliphatic imine (C=N–C) groups is 1. The number of ether oxygens (including phenoxy) is 1. The molecule has 1 heterocycles. The number of benzene rings is 3. The van der Waals surface area contributed by atoms with Crippen LogP contribution in [0.4, 0.5) is 4.79 Å². The van der Waals surface area contributed by atoms with E-state index >= 15 is 0 Å². The molecule has 0 spiro atoms. The van der Waals surface area contributed by atoms with Crippen molar-refractivity contribution in [2.75, 3.05) is 7.11 Å². The lowest BCUT2D eigenvalue weighted by molar-refractivity contribution is 0.149. The lowest BCUT2D eigenvalue weighted by Crippen LogP contribution is -2.53. The molecule has 2 unspecified atom stereocenters. The molecule has 0 aromatic heterocycles. The largest absolute Gasteiger partial charge is 0.496 e. The van der Waals surface area contributed by atoms with E-state index in [4.69, 9.17) is 44.5 Å². The summed E-state index contributed by atoms with van der Waals surface area (Å²) < 4.78 is 5.80. The van der Waals surface area contributed by atoms with Gasteiger partial charge < -0.3 is 4.74 Å². The van der Waals surface area contributed by atoms with Gasteiger partial charge in [0.05, 0.1) is 12.7 Å². The Kier molecular flexibility index (Phi) is 6.93. The van der Waals surface area contributed by atoms with Crippen LogP contribution in [-0.4, -0.2) is 23.2 Å². The van der Waals surface area contributed by atoms with E-state index in [0.29, 0.717) is 27.2 Å². The minimum Gasteiger partial charge on any atom is -0.496 e. The first-order valence-corrected chi connectivity index (χ1v) is 12.8. The van der Waals surface area contributed by atoms with E-state index in [9.17, 15) is 4.79 Å². The van der Waals surface area contributed by atoms with Crippen molar-refractivity contribution >= 4 is 46.0 Å².